The van der Waals surface area contributed by atoms with E-state index in [0.717, 1.165) is 5.69 Å². The minimum Gasteiger partial charge on any atom is -0.370 e. The van der Waals surface area contributed by atoms with Crippen molar-refractivity contribution in [3.8, 4) is 0 Å². The largest absolute Gasteiger partial charge is 0.370 e. The Kier molecular flexibility index (Phi) is 5.01. The molecule has 0 bridgehead atoms. The van der Waals surface area contributed by atoms with Crippen molar-refractivity contribution >= 4 is 11.6 Å². The van der Waals surface area contributed by atoms with Crippen molar-refractivity contribution in [2.45, 2.75) is 76.0 Å². The summed E-state index contributed by atoms with van der Waals surface area (Å²) < 4.78 is 0. The molecule has 3 rings (SSSR count). The molecule has 3 heteroatoms. The lowest BCUT2D eigenvalue weighted by Gasteiger charge is -2.30. The summed E-state index contributed by atoms with van der Waals surface area (Å²) in [7, 11) is 0. The summed E-state index contributed by atoms with van der Waals surface area (Å²) in [5.74, 6) is 1.53. The summed E-state index contributed by atoms with van der Waals surface area (Å²) in [6, 6.07) is 6.57. The van der Waals surface area contributed by atoms with Gasteiger partial charge in [-0.3, -0.25) is 0 Å². The molecule has 2 aliphatic rings. The average molecular weight is 299 g/mol. The first kappa shape index (κ1) is 15.4. The van der Waals surface area contributed by atoms with E-state index in [9.17, 15) is 0 Å². The van der Waals surface area contributed by atoms with Crippen LogP contribution in [-0.4, -0.2) is 5.96 Å². The zero-order chi connectivity index (χ0) is 15.4. The molecule has 0 atom stereocenters. The Morgan fingerprint density at radius 3 is 2.00 bits per heavy atom. The summed E-state index contributed by atoms with van der Waals surface area (Å²) >= 11 is 0. The number of hydrogen-bond acceptors (Lipinski definition) is 1. The van der Waals surface area contributed by atoms with E-state index in [1.807, 2.05) is 0 Å². The smallest absolute Gasteiger partial charge is 0.191 e. The maximum atomic E-state index is 5.68. The van der Waals surface area contributed by atoms with E-state index in [4.69, 9.17) is 11.5 Å². The second-order valence-electron chi connectivity index (χ2n) is 6.99. The molecule has 0 aliphatic heterocycles. The third-order valence-electron chi connectivity index (χ3n) is 5.42. The molecule has 2 saturated carbocycles. The van der Waals surface area contributed by atoms with Crippen LogP contribution in [0.15, 0.2) is 23.2 Å². The fourth-order valence-electron chi connectivity index (χ4n) is 4.41. The summed E-state index contributed by atoms with van der Waals surface area (Å²) in [5.41, 5.74) is 15.4. The molecule has 2 aliphatic carbocycles. The van der Waals surface area contributed by atoms with Crippen LogP contribution < -0.4 is 11.5 Å². The first-order chi connectivity index (χ1) is 10.8. The molecular weight excluding hydrogens is 270 g/mol. The van der Waals surface area contributed by atoms with E-state index in [-0.39, 0.29) is 5.96 Å². The van der Waals surface area contributed by atoms with Gasteiger partial charge in [-0.15, -0.1) is 0 Å². The normalized spacial score (nSPS) is 20.7. The standard InChI is InChI=1S/C19H29N3/c20-19(21)22-17-13-7-12-16(14-8-3-1-4-9-14)18(17)15-10-5-2-6-11-15/h7,12-15H,1-6,8-11H2,(H4,20,21,22). The van der Waals surface area contributed by atoms with Crippen LogP contribution in [0.25, 0.3) is 0 Å². The Hall–Kier alpha value is -1.51. The number of guanidine groups is 1. The van der Waals surface area contributed by atoms with Crippen LogP contribution in [0.3, 0.4) is 0 Å². The summed E-state index contributed by atoms with van der Waals surface area (Å²) in [6.07, 6.45) is 13.4. The van der Waals surface area contributed by atoms with Crippen LogP contribution in [0, 0.1) is 0 Å². The molecule has 0 aromatic heterocycles. The van der Waals surface area contributed by atoms with E-state index in [1.165, 1.54) is 75.3 Å². The molecule has 0 radical (unpaired) electrons. The van der Waals surface area contributed by atoms with E-state index in [2.05, 4.69) is 23.2 Å². The highest BCUT2D eigenvalue weighted by molar-refractivity contribution is 5.80. The van der Waals surface area contributed by atoms with Gasteiger partial charge in [0.05, 0.1) is 5.69 Å². The second kappa shape index (κ2) is 7.17. The van der Waals surface area contributed by atoms with Crippen LogP contribution >= 0.6 is 0 Å². The lowest BCUT2D eigenvalue weighted by atomic mass is 9.75. The molecule has 0 amide bonds. The Labute approximate surface area is 134 Å². The predicted octanol–water partition coefficient (Wildman–Crippen LogP) is 4.69. The molecule has 0 unspecified atom stereocenters. The minimum atomic E-state index is 0.179. The number of nitrogens with zero attached hydrogens (tertiary/aromatic N) is 1. The van der Waals surface area contributed by atoms with Gasteiger partial charge in [0.1, 0.15) is 0 Å². The van der Waals surface area contributed by atoms with Gasteiger partial charge in [-0.2, -0.15) is 0 Å². The summed E-state index contributed by atoms with van der Waals surface area (Å²) in [4.78, 5) is 4.46. The molecule has 1 aromatic carbocycles. The summed E-state index contributed by atoms with van der Waals surface area (Å²) in [5, 5.41) is 0. The quantitative estimate of drug-likeness (QED) is 0.628. The number of rotatable bonds is 3. The van der Waals surface area contributed by atoms with Gasteiger partial charge in [0.2, 0.25) is 0 Å². The van der Waals surface area contributed by atoms with Crippen LogP contribution in [0.2, 0.25) is 0 Å². The highest BCUT2D eigenvalue weighted by atomic mass is 15.0. The van der Waals surface area contributed by atoms with Crippen molar-refractivity contribution in [1.29, 1.82) is 0 Å². The molecule has 2 fully saturated rings. The zero-order valence-electron chi connectivity index (χ0n) is 13.6. The predicted molar refractivity (Wildman–Crippen MR) is 93.6 cm³/mol. The molecule has 0 heterocycles. The third-order valence-corrected chi connectivity index (χ3v) is 5.42. The third kappa shape index (κ3) is 3.45. The first-order valence-corrected chi connectivity index (χ1v) is 8.98. The minimum absolute atomic E-state index is 0.179. The van der Waals surface area contributed by atoms with E-state index >= 15 is 0 Å². The van der Waals surface area contributed by atoms with Crippen molar-refractivity contribution in [3.63, 3.8) is 0 Å². The molecule has 0 spiro atoms. The van der Waals surface area contributed by atoms with Crippen molar-refractivity contribution in [1.82, 2.24) is 0 Å². The number of hydrogen-bond donors (Lipinski definition) is 2. The molecule has 22 heavy (non-hydrogen) atoms. The van der Waals surface area contributed by atoms with Gasteiger partial charge in [0, 0.05) is 0 Å². The SMILES string of the molecule is NC(N)=Nc1cccc(C2CCCCC2)c1C1CCCCC1. The van der Waals surface area contributed by atoms with Gasteiger partial charge in [-0.05, 0) is 54.7 Å². The average Bonchev–Trinajstić information content (AvgIpc) is 2.56. The Balaban J connectivity index is 2.01. The monoisotopic (exact) mass is 299 g/mol. The van der Waals surface area contributed by atoms with Crippen LogP contribution in [0.5, 0.6) is 0 Å². The van der Waals surface area contributed by atoms with Gasteiger partial charge >= 0.3 is 0 Å². The van der Waals surface area contributed by atoms with Crippen molar-refractivity contribution in [2.24, 2.45) is 16.5 Å². The molecular formula is C19H29N3. The summed E-state index contributed by atoms with van der Waals surface area (Å²) in [6.45, 7) is 0. The molecule has 4 N–H and O–H groups in total. The van der Waals surface area contributed by atoms with Crippen LogP contribution in [0.4, 0.5) is 5.69 Å². The van der Waals surface area contributed by atoms with Crippen molar-refractivity contribution < 1.29 is 0 Å². The number of nitrogens with two attached hydrogens (primary N) is 2. The Bertz CT molecular complexity index is 519. The number of aliphatic imine (C=N–C) groups is 1. The Morgan fingerprint density at radius 2 is 1.41 bits per heavy atom. The zero-order valence-corrected chi connectivity index (χ0v) is 13.6. The van der Waals surface area contributed by atoms with Gasteiger partial charge in [-0.1, -0.05) is 50.7 Å². The lowest BCUT2D eigenvalue weighted by Crippen LogP contribution is -2.22. The van der Waals surface area contributed by atoms with Crippen molar-refractivity contribution in [3.05, 3.63) is 29.3 Å². The molecule has 3 nitrogen and oxygen atoms in total. The fraction of sp³-hybridized carbons (Fsp3) is 0.632. The van der Waals surface area contributed by atoms with E-state index < -0.39 is 0 Å². The van der Waals surface area contributed by atoms with E-state index in [1.54, 1.807) is 0 Å². The molecule has 0 saturated heterocycles. The fourth-order valence-corrected chi connectivity index (χ4v) is 4.41. The number of benzene rings is 1. The molecule has 1 aromatic rings. The maximum Gasteiger partial charge on any atom is 0.191 e. The first-order valence-electron chi connectivity index (χ1n) is 8.98. The Morgan fingerprint density at radius 1 is 0.818 bits per heavy atom. The van der Waals surface area contributed by atoms with Gasteiger partial charge in [-0.25, -0.2) is 4.99 Å². The van der Waals surface area contributed by atoms with E-state index in [0.29, 0.717) is 11.8 Å². The van der Waals surface area contributed by atoms with Gasteiger partial charge in [0.15, 0.2) is 5.96 Å². The topological polar surface area (TPSA) is 64.4 Å². The van der Waals surface area contributed by atoms with Gasteiger partial charge in [0.25, 0.3) is 0 Å². The van der Waals surface area contributed by atoms with Gasteiger partial charge < -0.3 is 11.5 Å². The molecule has 120 valence electrons. The van der Waals surface area contributed by atoms with Crippen LogP contribution in [0.1, 0.15) is 87.2 Å². The highest BCUT2D eigenvalue weighted by Gasteiger charge is 2.26. The lowest BCUT2D eigenvalue weighted by molar-refractivity contribution is 0.419. The second-order valence-corrected chi connectivity index (χ2v) is 6.99. The highest BCUT2D eigenvalue weighted by Crippen LogP contribution is 2.44. The van der Waals surface area contributed by atoms with Crippen molar-refractivity contribution in [2.75, 3.05) is 0 Å². The maximum absolute atomic E-state index is 5.68. The van der Waals surface area contributed by atoms with Crippen LogP contribution in [-0.2, 0) is 0 Å².